The third kappa shape index (κ3) is 3.90. The van der Waals surface area contributed by atoms with Crippen LogP contribution in [0.25, 0.3) is 0 Å². The molecular formula is C21H32N4O5+2. The zero-order valence-corrected chi connectivity index (χ0v) is 17.8. The Labute approximate surface area is 177 Å². The van der Waals surface area contributed by atoms with Crippen LogP contribution < -0.4 is 14.5 Å². The van der Waals surface area contributed by atoms with Crippen molar-refractivity contribution in [3.63, 3.8) is 0 Å². The van der Waals surface area contributed by atoms with Gasteiger partial charge in [0.25, 0.3) is 5.91 Å². The molecule has 4 rings (SSSR count). The molecule has 3 aliphatic heterocycles. The zero-order chi connectivity index (χ0) is 21.1. The molecule has 0 saturated carbocycles. The predicted octanol–water partition coefficient (Wildman–Crippen LogP) is -2.08. The van der Waals surface area contributed by atoms with Crippen LogP contribution in [0.15, 0.2) is 24.3 Å². The van der Waals surface area contributed by atoms with E-state index in [-0.39, 0.29) is 11.9 Å². The van der Waals surface area contributed by atoms with E-state index < -0.39 is 5.54 Å². The summed E-state index contributed by atoms with van der Waals surface area (Å²) in [4.78, 5) is 32.8. The standard InChI is InChI=1S/C21H30N4O5/c1-21(17-3-5-18(28-2)6-4-17)19(26)24(15-22-7-11-29-12-8-22)20(27)25(21)16-23-9-13-30-14-10-23/h3-6H,7-16H2,1-2H3/p+2/t21-/m1/s1. The highest BCUT2D eigenvalue weighted by molar-refractivity contribution is 6.07. The molecule has 3 saturated heterocycles. The number of rotatable bonds is 6. The van der Waals surface area contributed by atoms with Gasteiger partial charge in [-0.1, -0.05) is 12.1 Å². The summed E-state index contributed by atoms with van der Waals surface area (Å²) in [6, 6.07) is 7.24. The molecule has 0 radical (unpaired) electrons. The number of amides is 3. The number of hydrogen-bond donors (Lipinski definition) is 2. The van der Waals surface area contributed by atoms with E-state index >= 15 is 0 Å². The van der Waals surface area contributed by atoms with Crippen molar-refractivity contribution in [1.29, 1.82) is 0 Å². The molecule has 3 aliphatic rings. The molecule has 164 valence electrons. The lowest BCUT2D eigenvalue weighted by Crippen LogP contribution is -3.16. The van der Waals surface area contributed by atoms with Crippen LogP contribution in [-0.2, 0) is 19.8 Å². The maximum atomic E-state index is 13.7. The van der Waals surface area contributed by atoms with Crippen LogP contribution in [0.1, 0.15) is 12.5 Å². The lowest BCUT2D eigenvalue weighted by atomic mass is 9.90. The molecule has 0 bridgehead atoms. The molecule has 1 aromatic carbocycles. The number of benzene rings is 1. The predicted molar refractivity (Wildman–Crippen MR) is 107 cm³/mol. The molecule has 9 heteroatoms. The smallest absolute Gasteiger partial charge is 0.336 e. The maximum absolute atomic E-state index is 13.7. The highest BCUT2D eigenvalue weighted by Gasteiger charge is 2.57. The number of ether oxygens (including phenoxy) is 3. The number of urea groups is 1. The molecule has 30 heavy (non-hydrogen) atoms. The topological polar surface area (TPSA) is 77.2 Å². The molecule has 3 heterocycles. The number of quaternary nitrogens is 2. The molecule has 3 amide bonds. The van der Waals surface area contributed by atoms with Crippen molar-refractivity contribution >= 4 is 11.9 Å². The average molecular weight is 421 g/mol. The Morgan fingerprint density at radius 1 is 0.933 bits per heavy atom. The Morgan fingerprint density at radius 2 is 1.47 bits per heavy atom. The van der Waals surface area contributed by atoms with Crippen LogP contribution >= 0.6 is 0 Å². The van der Waals surface area contributed by atoms with Gasteiger partial charge in [0.15, 0.2) is 18.9 Å². The van der Waals surface area contributed by atoms with Crippen LogP contribution in [0.4, 0.5) is 4.79 Å². The van der Waals surface area contributed by atoms with Gasteiger partial charge in [0.2, 0.25) is 0 Å². The van der Waals surface area contributed by atoms with E-state index in [1.165, 1.54) is 14.7 Å². The molecule has 0 spiro atoms. The van der Waals surface area contributed by atoms with Gasteiger partial charge in [0.05, 0.1) is 33.5 Å². The Hall–Kier alpha value is -2.20. The molecule has 0 unspecified atom stereocenters. The lowest BCUT2D eigenvalue weighted by molar-refractivity contribution is -0.918. The normalized spacial score (nSPS) is 26.5. The van der Waals surface area contributed by atoms with Gasteiger partial charge in [-0.05, 0) is 24.6 Å². The van der Waals surface area contributed by atoms with Gasteiger partial charge >= 0.3 is 6.03 Å². The summed E-state index contributed by atoms with van der Waals surface area (Å²) in [5.41, 5.74) is -0.241. The van der Waals surface area contributed by atoms with Crippen molar-refractivity contribution in [3.8, 4) is 5.75 Å². The third-order valence-corrected chi connectivity index (χ3v) is 6.48. The van der Waals surface area contributed by atoms with Gasteiger partial charge in [-0.2, -0.15) is 0 Å². The summed E-state index contributed by atoms with van der Waals surface area (Å²) in [7, 11) is 1.61. The van der Waals surface area contributed by atoms with E-state index in [9.17, 15) is 9.59 Å². The number of imide groups is 1. The van der Waals surface area contributed by atoms with Crippen molar-refractivity contribution in [3.05, 3.63) is 29.8 Å². The zero-order valence-electron chi connectivity index (χ0n) is 17.8. The average Bonchev–Trinajstić information content (AvgIpc) is 2.97. The minimum absolute atomic E-state index is 0.163. The molecular weight excluding hydrogens is 388 g/mol. The molecule has 1 atom stereocenters. The SMILES string of the molecule is COc1ccc([C@]2(C)C(=O)N(C[NH+]3CCOCC3)C(=O)N2C[NH+]2CCOCC2)cc1. The van der Waals surface area contributed by atoms with Crippen LogP contribution in [0.5, 0.6) is 5.75 Å². The second-order valence-electron chi connectivity index (χ2n) is 8.29. The van der Waals surface area contributed by atoms with Gasteiger partial charge in [0.1, 0.15) is 31.9 Å². The Morgan fingerprint density at radius 3 is 2.00 bits per heavy atom. The first-order valence-corrected chi connectivity index (χ1v) is 10.6. The van der Waals surface area contributed by atoms with E-state index in [2.05, 4.69) is 0 Å². The maximum Gasteiger partial charge on any atom is 0.336 e. The Kier molecular flexibility index (Phi) is 6.24. The van der Waals surface area contributed by atoms with Gasteiger partial charge in [-0.15, -0.1) is 0 Å². The molecule has 9 nitrogen and oxygen atoms in total. The van der Waals surface area contributed by atoms with E-state index in [0.717, 1.165) is 37.5 Å². The third-order valence-electron chi connectivity index (χ3n) is 6.48. The molecule has 0 aromatic heterocycles. The fraction of sp³-hybridized carbons (Fsp3) is 0.619. The summed E-state index contributed by atoms with van der Waals surface area (Å²) in [5, 5.41) is 0. The molecule has 0 aliphatic carbocycles. The fourth-order valence-corrected chi connectivity index (χ4v) is 4.45. The fourth-order valence-electron chi connectivity index (χ4n) is 4.45. The van der Waals surface area contributed by atoms with Crippen LogP contribution in [0, 0.1) is 0 Å². The van der Waals surface area contributed by atoms with Crippen molar-refractivity contribution in [2.24, 2.45) is 0 Å². The summed E-state index contributed by atoms with van der Waals surface area (Å²) >= 11 is 0. The van der Waals surface area contributed by atoms with Crippen LogP contribution in [-0.4, -0.2) is 94.8 Å². The van der Waals surface area contributed by atoms with E-state index in [0.29, 0.717) is 39.8 Å². The number of nitrogens with one attached hydrogen (secondary N) is 2. The lowest BCUT2D eigenvalue weighted by Gasteiger charge is -2.35. The van der Waals surface area contributed by atoms with Crippen LogP contribution in [0.2, 0.25) is 0 Å². The first kappa shape index (κ1) is 21.0. The monoisotopic (exact) mass is 420 g/mol. The number of nitrogens with zero attached hydrogens (tertiary/aromatic N) is 2. The Bertz CT molecular complexity index is 761. The number of carbonyl (C=O) groups is 2. The first-order valence-electron chi connectivity index (χ1n) is 10.6. The summed E-state index contributed by atoms with van der Waals surface area (Å²) in [6.45, 7) is 8.62. The summed E-state index contributed by atoms with van der Waals surface area (Å²) in [6.07, 6.45) is 0. The number of morpholine rings is 2. The van der Waals surface area contributed by atoms with Crippen molar-refractivity contribution in [2.45, 2.75) is 12.5 Å². The minimum Gasteiger partial charge on any atom is -0.497 e. The van der Waals surface area contributed by atoms with Gasteiger partial charge in [-0.25, -0.2) is 9.69 Å². The number of methoxy groups -OCH3 is 1. The molecule has 3 fully saturated rings. The van der Waals surface area contributed by atoms with Gasteiger partial charge in [-0.3, -0.25) is 9.69 Å². The largest absolute Gasteiger partial charge is 0.497 e. The van der Waals surface area contributed by atoms with Gasteiger partial charge < -0.3 is 24.0 Å². The van der Waals surface area contributed by atoms with E-state index in [4.69, 9.17) is 14.2 Å². The van der Waals surface area contributed by atoms with E-state index in [1.54, 1.807) is 12.0 Å². The van der Waals surface area contributed by atoms with Crippen LogP contribution in [0.3, 0.4) is 0 Å². The van der Waals surface area contributed by atoms with Crippen molar-refractivity contribution in [1.82, 2.24) is 9.80 Å². The second-order valence-corrected chi connectivity index (χ2v) is 8.29. The highest BCUT2D eigenvalue weighted by Crippen LogP contribution is 2.36. The highest BCUT2D eigenvalue weighted by atomic mass is 16.5. The molecule has 1 aromatic rings. The number of carbonyl (C=O) groups excluding carboxylic acids is 2. The number of hydrogen-bond acceptors (Lipinski definition) is 5. The first-order chi connectivity index (χ1) is 14.5. The van der Waals surface area contributed by atoms with Gasteiger partial charge in [0, 0.05) is 0 Å². The van der Waals surface area contributed by atoms with Crippen molar-refractivity contribution in [2.75, 3.05) is 73.1 Å². The molecule has 2 N–H and O–H groups in total. The second kappa shape index (κ2) is 8.89. The minimum atomic E-state index is -1.04. The summed E-state index contributed by atoms with van der Waals surface area (Å²) in [5.74, 6) is 0.559. The quantitative estimate of drug-likeness (QED) is 0.517. The summed E-state index contributed by atoms with van der Waals surface area (Å²) < 4.78 is 16.2. The van der Waals surface area contributed by atoms with Crippen molar-refractivity contribution < 1.29 is 33.6 Å². The Balaban J connectivity index is 1.63. The van der Waals surface area contributed by atoms with E-state index in [1.807, 2.05) is 31.2 Å².